The molecule has 0 N–H and O–H groups in total. The SMILES string of the molecule is COc1ccc(Cn2ccc3c(F)cccc32)cc1Br. The Bertz CT molecular complexity index is 766. The molecule has 4 heteroatoms. The first-order valence-electron chi connectivity index (χ1n) is 6.25. The molecule has 0 radical (unpaired) electrons. The van der Waals surface area contributed by atoms with Crippen molar-refractivity contribution in [1.82, 2.24) is 4.57 Å². The highest BCUT2D eigenvalue weighted by Gasteiger charge is 2.07. The third kappa shape index (κ3) is 2.31. The van der Waals surface area contributed by atoms with Gasteiger partial charge < -0.3 is 9.30 Å². The number of ether oxygens (including phenoxy) is 1. The summed E-state index contributed by atoms with van der Waals surface area (Å²) in [6, 6.07) is 12.9. The van der Waals surface area contributed by atoms with Crippen molar-refractivity contribution in [2.24, 2.45) is 0 Å². The second kappa shape index (κ2) is 5.29. The summed E-state index contributed by atoms with van der Waals surface area (Å²) in [7, 11) is 1.64. The van der Waals surface area contributed by atoms with Crippen LogP contribution in [-0.4, -0.2) is 11.7 Å². The first-order chi connectivity index (χ1) is 9.69. The van der Waals surface area contributed by atoms with Gasteiger partial charge in [0.2, 0.25) is 0 Å². The van der Waals surface area contributed by atoms with E-state index < -0.39 is 0 Å². The first kappa shape index (κ1) is 13.2. The van der Waals surface area contributed by atoms with E-state index in [0.717, 1.165) is 21.3 Å². The topological polar surface area (TPSA) is 14.2 Å². The number of methoxy groups -OCH3 is 1. The zero-order valence-electron chi connectivity index (χ0n) is 10.9. The van der Waals surface area contributed by atoms with Crippen LogP contribution < -0.4 is 4.74 Å². The van der Waals surface area contributed by atoms with E-state index in [1.165, 1.54) is 6.07 Å². The third-order valence-corrected chi connectivity index (χ3v) is 3.95. The zero-order chi connectivity index (χ0) is 14.1. The van der Waals surface area contributed by atoms with E-state index in [1.807, 2.05) is 41.1 Å². The van der Waals surface area contributed by atoms with Gasteiger partial charge in [0.25, 0.3) is 0 Å². The Morgan fingerprint density at radius 2 is 2.05 bits per heavy atom. The van der Waals surface area contributed by atoms with Crippen molar-refractivity contribution in [1.29, 1.82) is 0 Å². The highest BCUT2D eigenvalue weighted by molar-refractivity contribution is 9.10. The van der Waals surface area contributed by atoms with Crippen molar-refractivity contribution in [3.63, 3.8) is 0 Å². The number of hydrogen-bond acceptors (Lipinski definition) is 1. The van der Waals surface area contributed by atoms with E-state index in [-0.39, 0.29) is 5.82 Å². The average Bonchev–Trinajstić information content (AvgIpc) is 2.84. The number of aromatic nitrogens is 1. The zero-order valence-corrected chi connectivity index (χ0v) is 12.5. The average molecular weight is 334 g/mol. The molecule has 0 unspecified atom stereocenters. The molecule has 0 fully saturated rings. The predicted molar refractivity (Wildman–Crippen MR) is 81.7 cm³/mol. The minimum Gasteiger partial charge on any atom is -0.496 e. The van der Waals surface area contributed by atoms with Crippen LogP contribution in [0.5, 0.6) is 5.75 Å². The number of nitrogens with zero attached hydrogens (tertiary/aromatic N) is 1. The van der Waals surface area contributed by atoms with Gasteiger partial charge in [-0.15, -0.1) is 0 Å². The van der Waals surface area contributed by atoms with Crippen molar-refractivity contribution >= 4 is 26.8 Å². The summed E-state index contributed by atoms with van der Waals surface area (Å²) in [6.07, 6.45) is 1.91. The Balaban J connectivity index is 1.97. The van der Waals surface area contributed by atoms with Gasteiger partial charge in [-0.2, -0.15) is 0 Å². The Morgan fingerprint density at radius 3 is 2.80 bits per heavy atom. The molecule has 3 rings (SSSR count). The Morgan fingerprint density at radius 1 is 1.20 bits per heavy atom. The van der Waals surface area contributed by atoms with E-state index in [0.29, 0.717) is 11.9 Å². The van der Waals surface area contributed by atoms with Gasteiger partial charge in [0.15, 0.2) is 0 Å². The fourth-order valence-corrected chi connectivity index (χ4v) is 2.92. The smallest absolute Gasteiger partial charge is 0.133 e. The molecule has 0 aliphatic heterocycles. The lowest BCUT2D eigenvalue weighted by atomic mass is 10.2. The minimum absolute atomic E-state index is 0.183. The summed E-state index contributed by atoms with van der Waals surface area (Å²) in [5.41, 5.74) is 2.02. The standard InChI is InChI=1S/C16H13BrFNO/c1-20-16-6-5-11(9-13(16)17)10-19-8-7-12-14(18)3-2-4-15(12)19/h2-9H,10H2,1H3. The molecule has 0 aliphatic rings. The lowest BCUT2D eigenvalue weighted by Crippen LogP contribution is -1.98. The fourth-order valence-electron chi connectivity index (χ4n) is 2.33. The Labute approximate surface area is 124 Å². The van der Waals surface area contributed by atoms with Gasteiger partial charge in [0.1, 0.15) is 11.6 Å². The Kier molecular flexibility index (Phi) is 3.49. The van der Waals surface area contributed by atoms with Crippen LogP contribution in [0.2, 0.25) is 0 Å². The van der Waals surface area contributed by atoms with Gasteiger partial charge in [0.05, 0.1) is 17.1 Å². The van der Waals surface area contributed by atoms with Crippen LogP contribution in [0.15, 0.2) is 53.1 Å². The summed E-state index contributed by atoms with van der Waals surface area (Å²) >= 11 is 3.48. The van der Waals surface area contributed by atoms with Crippen molar-refractivity contribution in [3.05, 3.63) is 64.5 Å². The molecular weight excluding hydrogens is 321 g/mol. The molecule has 0 saturated carbocycles. The maximum atomic E-state index is 13.7. The molecule has 0 saturated heterocycles. The van der Waals surface area contributed by atoms with Crippen LogP contribution in [0.3, 0.4) is 0 Å². The number of benzene rings is 2. The molecule has 0 atom stereocenters. The number of rotatable bonds is 3. The first-order valence-corrected chi connectivity index (χ1v) is 7.04. The third-order valence-electron chi connectivity index (χ3n) is 3.33. The number of fused-ring (bicyclic) bond motifs is 1. The summed E-state index contributed by atoms with van der Waals surface area (Å²) in [4.78, 5) is 0. The molecule has 0 bridgehead atoms. The van der Waals surface area contributed by atoms with Crippen LogP contribution in [-0.2, 0) is 6.54 Å². The molecule has 2 aromatic carbocycles. The Hall–Kier alpha value is -1.81. The van der Waals surface area contributed by atoms with Crippen LogP contribution in [0.1, 0.15) is 5.56 Å². The van der Waals surface area contributed by atoms with Crippen molar-refractivity contribution in [2.45, 2.75) is 6.54 Å². The van der Waals surface area contributed by atoms with E-state index in [2.05, 4.69) is 15.9 Å². The molecule has 0 aliphatic carbocycles. The van der Waals surface area contributed by atoms with E-state index in [9.17, 15) is 4.39 Å². The van der Waals surface area contributed by atoms with Gasteiger partial charge in [-0.05, 0) is 51.8 Å². The molecule has 0 spiro atoms. The lowest BCUT2D eigenvalue weighted by molar-refractivity contribution is 0.412. The van der Waals surface area contributed by atoms with E-state index in [4.69, 9.17) is 4.74 Å². The van der Waals surface area contributed by atoms with Crippen LogP contribution in [0, 0.1) is 5.82 Å². The maximum Gasteiger partial charge on any atom is 0.133 e. The summed E-state index contributed by atoms with van der Waals surface area (Å²) in [6.45, 7) is 0.690. The second-order valence-corrected chi connectivity index (χ2v) is 5.44. The number of hydrogen-bond donors (Lipinski definition) is 0. The van der Waals surface area contributed by atoms with Crippen molar-refractivity contribution in [3.8, 4) is 5.75 Å². The van der Waals surface area contributed by atoms with E-state index >= 15 is 0 Å². The highest BCUT2D eigenvalue weighted by atomic mass is 79.9. The van der Waals surface area contributed by atoms with Gasteiger partial charge in [-0.3, -0.25) is 0 Å². The number of halogens is 2. The van der Waals surface area contributed by atoms with Crippen LogP contribution in [0.4, 0.5) is 4.39 Å². The molecule has 0 amide bonds. The highest BCUT2D eigenvalue weighted by Crippen LogP contribution is 2.27. The van der Waals surface area contributed by atoms with Crippen LogP contribution in [0.25, 0.3) is 10.9 Å². The summed E-state index contributed by atoms with van der Waals surface area (Å²) in [5.74, 6) is 0.620. The van der Waals surface area contributed by atoms with Crippen molar-refractivity contribution < 1.29 is 9.13 Å². The largest absolute Gasteiger partial charge is 0.496 e. The molecule has 3 aromatic rings. The molecule has 20 heavy (non-hydrogen) atoms. The molecule has 2 nitrogen and oxygen atoms in total. The molecular formula is C16H13BrFNO. The summed E-state index contributed by atoms with van der Waals surface area (Å²) in [5, 5.41) is 0.653. The fraction of sp³-hybridized carbons (Fsp3) is 0.125. The maximum absolute atomic E-state index is 13.7. The quantitative estimate of drug-likeness (QED) is 0.683. The van der Waals surface area contributed by atoms with Crippen LogP contribution >= 0.6 is 15.9 Å². The minimum atomic E-state index is -0.183. The second-order valence-electron chi connectivity index (χ2n) is 4.59. The summed E-state index contributed by atoms with van der Waals surface area (Å²) < 4.78 is 21.8. The monoisotopic (exact) mass is 333 g/mol. The molecule has 1 aromatic heterocycles. The normalized spacial score (nSPS) is 10.9. The predicted octanol–water partition coefficient (Wildman–Crippen LogP) is 4.60. The molecule has 1 heterocycles. The van der Waals surface area contributed by atoms with Gasteiger partial charge in [0, 0.05) is 18.1 Å². The van der Waals surface area contributed by atoms with E-state index in [1.54, 1.807) is 13.2 Å². The van der Waals surface area contributed by atoms with Gasteiger partial charge >= 0.3 is 0 Å². The molecule has 102 valence electrons. The van der Waals surface area contributed by atoms with Gasteiger partial charge in [-0.25, -0.2) is 4.39 Å². The lowest BCUT2D eigenvalue weighted by Gasteiger charge is -2.08. The van der Waals surface area contributed by atoms with Crippen molar-refractivity contribution in [2.75, 3.05) is 7.11 Å². The van der Waals surface area contributed by atoms with Gasteiger partial charge in [-0.1, -0.05) is 12.1 Å².